The lowest BCUT2D eigenvalue weighted by atomic mass is 10.2. The number of methoxy groups -OCH3 is 1. The third-order valence-electron chi connectivity index (χ3n) is 3.55. The highest BCUT2D eigenvalue weighted by molar-refractivity contribution is 7.22. The minimum atomic E-state index is -0.239. The number of aromatic nitrogens is 1. The van der Waals surface area contributed by atoms with Crippen LogP contribution in [-0.2, 0) is 16.1 Å². The monoisotopic (exact) mass is 372 g/mol. The molecule has 0 spiro atoms. The largest absolute Gasteiger partial charge is 0.497 e. The SMILES string of the molecule is CCOc1ccc2nc(NC(=O)COCc3cccc(OC)c3)sc2c1. The van der Waals surface area contributed by atoms with Gasteiger partial charge in [0.2, 0.25) is 0 Å². The van der Waals surface area contributed by atoms with Gasteiger partial charge in [-0.2, -0.15) is 0 Å². The number of rotatable bonds is 8. The molecule has 136 valence electrons. The second kappa shape index (κ2) is 8.64. The van der Waals surface area contributed by atoms with Gasteiger partial charge in [0.25, 0.3) is 5.91 Å². The summed E-state index contributed by atoms with van der Waals surface area (Å²) in [6.45, 7) is 2.84. The van der Waals surface area contributed by atoms with Crippen LogP contribution in [-0.4, -0.2) is 31.2 Å². The number of nitrogens with zero attached hydrogens (tertiary/aromatic N) is 1. The van der Waals surface area contributed by atoms with Gasteiger partial charge in [-0.1, -0.05) is 23.5 Å². The molecule has 0 atom stereocenters. The lowest BCUT2D eigenvalue weighted by Crippen LogP contribution is -2.18. The smallest absolute Gasteiger partial charge is 0.252 e. The first-order chi connectivity index (χ1) is 12.7. The third kappa shape index (κ3) is 4.71. The molecule has 2 aromatic carbocycles. The molecule has 0 fully saturated rings. The summed E-state index contributed by atoms with van der Waals surface area (Å²) in [6, 6.07) is 13.2. The molecule has 7 heteroatoms. The molecule has 0 unspecified atom stereocenters. The standard InChI is InChI=1S/C19H20N2O4S/c1-3-25-15-7-8-16-17(10-15)26-19(20-16)21-18(22)12-24-11-13-5-4-6-14(9-13)23-2/h4-10H,3,11-12H2,1-2H3,(H,20,21,22). The van der Waals surface area contributed by atoms with Crippen molar-refractivity contribution < 1.29 is 19.0 Å². The number of benzene rings is 2. The molecule has 0 aliphatic rings. The van der Waals surface area contributed by atoms with Gasteiger partial charge < -0.3 is 14.2 Å². The van der Waals surface area contributed by atoms with Crippen molar-refractivity contribution in [1.29, 1.82) is 0 Å². The molecule has 26 heavy (non-hydrogen) atoms. The van der Waals surface area contributed by atoms with Crippen LogP contribution in [0.3, 0.4) is 0 Å². The maximum atomic E-state index is 12.1. The van der Waals surface area contributed by atoms with Crippen molar-refractivity contribution >= 4 is 32.6 Å². The van der Waals surface area contributed by atoms with E-state index in [0.717, 1.165) is 27.3 Å². The third-order valence-corrected chi connectivity index (χ3v) is 4.49. The number of hydrogen-bond donors (Lipinski definition) is 1. The van der Waals surface area contributed by atoms with E-state index in [2.05, 4.69) is 10.3 Å². The van der Waals surface area contributed by atoms with E-state index in [-0.39, 0.29) is 12.5 Å². The number of hydrogen-bond acceptors (Lipinski definition) is 6. The van der Waals surface area contributed by atoms with Crippen LogP contribution in [0.5, 0.6) is 11.5 Å². The first-order valence-corrected chi connectivity index (χ1v) is 9.03. The molecular weight excluding hydrogens is 352 g/mol. The number of carbonyl (C=O) groups excluding carboxylic acids is 1. The average Bonchev–Trinajstić information content (AvgIpc) is 3.03. The molecule has 0 aliphatic heterocycles. The molecule has 0 bridgehead atoms. The topological polar surface area (TPSA) is 69.7 Å². The number of carbonyl (C=O) groups is 1. The summed E-state index contributed by atoms with van der Waals surface area (Å²) in [5.41, 5.74) is 1.77. The Labute approximate surface area is 155 Å². The van der Waals surface area contributed by atoms with Crippen LogP contribution in [0.2, 0.25) is 0 Å². The molecule has 3 rings (SSSR count). The van der Waals surface area contributed by atoms with E-state index in [9.17, 15) is 4.79 Å². The van der Waals surface area contributed by atoms with E-state index in [0.29, 0.717) is 18.3 Å². The van der Waals surface area contributed by atoms with Crippen molar-refractivity contribution in [3.05, 3.63) is 48.0 Å². The predicted molar refractivity (Wildman–Crippen MR) is 102 cm³/mol. The highest BCUT2D eigenvalue weighted by atomic mass is 32.1. The lowest BCUT2D eigenvalue weighted by Gasteiger charge is -2.06. The molecular formula is C19H20N2O4S. The van der Waals surface area contributed by atoms with E-state index in [1.807, 2.05) is 49.4 Å². The second-order valence-electron chi connectivity index (χ2n) is 5.47. The maximum absolute atomic E-state index is 12.1. The summed E-state index contributed by atoms with van der Waals surface area (Å²) in [4.78, 5) is 16.5. The van der Waals surface area contributed by atoms with Gasteiger partial charge in [0.05, 0.1) is 30.5 Å². The maximum Gasteiger partial charge on any atom is 0.252 e. The number of amides is 1. The summed E-state index contributed by atoms with van der Waals surface area (Å²) >= 11 is 1.41. The van der Waals surface area contributed by atoms with E-state index < -0.39 is 0 Å². The Balaban J connectivity index is 1.53. The van der Waals surface area contributed by atoms with Gasteiger partial charge in [-0.15, -0.1) is 0 Å². The van der Waals surface area contributed by atoms with Crippen LogP contribution >= 0.6 is 11.3 Å². The zero-order chi connectivity index (χ0) is 18.4. The van der Waals surface area contributed by atoms with Crippen molar-refractivity contribution in [2.45, 2.75) is 13.5 Å². The van der Waals surface area contributed by atoms with E-state index in [4.69, 9.17) is 14.2 Å². The molecule has 3 aromatic rings. The number of anilines is 1. The van der Waals surface area contributed by atoms with Crippen LogP contribution in [0.4, 0.5) is 5.13 Å². The Bertz CT molecular complexity index is 894. The van der Waals surface area contributed by atoms with Crippen molar-refractivity contribution in [2.24, 2.45) is 0 Å². The van der Waals surface area contributed by atoms with Gasteiger partial charge in [0.15, 0.2) is 5.13 Å². The van der Waals surface area contributed by atoms with Crippen LogP contribution in [0.15, 0.2) is 42.5 Å². The molecule has 0 saturated carbocycles. The molecule has 0 saturated heterocycles. The van der Waals surface area contributed by atoms with Gasteiger partial charge >= 0.3 is 0 Å². The number of ether oxygens (including phenoxy) is 3. The normalized spacial score (nSPS) is 10.7. The Morgan fingerprint density at radius 1 is 1.19 bits per heavy atom. The Kier molecular flexibility index (Phi) is 6.04. The van der Waals surface area contributed by atoms with Crippen molar-refractivity contribution in [1.82, 2.24) is 4.98 Å². The molecule has 1 N–H and O–H groups in total. The molecule has 1 heterocycles. The zero-order valence-corrected chi connectivity index (χ0v) is 15.5. The fourth-order valence-electron chi connectivity index (χ4n) is 2.39. The van der Waals surface area contributed by atoms with Crippen LogP contribution < -0.4 is 14.8 Å². The summed E-state index contributed by atoms with van der Waals surface area (Å²) in [6.07, 6.45) is 0. The van der Waals surface area contributed by atoms with Gasteiger partial charge in [-0.25, -0.2) is 4.98 Å². The predicted octanol–water partition coefficient (Wildman–Crippen LogP) is 3.86. The minimum absolute atomic E-state index is 0.0443. The highest BCUT2D eigenvalue weighted by Crippen LogP contribution is 2.29. The fraction of sp³-hybridized carbons (Fsp3) is 0.263. The fourth-order valence-corrected chi connectivity index (χ4v) is 3.30. The second-order valence-corrected chi connectivity index (χ2v) is 6.50. The zero-order valence-electron chi connectivity index (χ0n) is 14.7. The molecule has 1 aromatic heterocycles. The van der Waals surface area contributed by atoms with E-state index in [1.54, 1.807) is 7.11 Å². The number of nitrogens with one attached hydrogen (secondary N) is 1. The summed E-state index contributed by atoms with van der Waals surface area (Å²) in [5.74, 6) is 1.32. The summed E-state index contributed by atoms with van der Waals surface area (Å²) < 4.78 is 17.1. The number of thiazole rings is 1. The summed E-state index contributed by atoms with van der Waals surface area (Å²) in [7, 11) is 1.61. The minimum Gasteiger partial charge on any atom is -0.497 e. The van der Waals surface area contributed by atoms with Gasteiger partial charge in [-0.05, 0) is 42.8 Å². The molecule has 6 nitrogen and oxygen atoms in total. The van der Waals surface area contributed by atoms with Crippen molar-refractivity contribution in [3.8, 4) is 11.5 Å². The van der Waals surface area contributed by atoms with E-state index >= 15 is 0 Å². The molecule has 1 amide bonds. The van der Waals surface area contributed by atoms with Gasteiger partial charge in [-0.3, -0.25) is 10.1 Å². The lowest BCUT2D eigenvalue weighted by molar-refractivity contribution is -0.121. The quantitative estimate of drug-likeness (QED) is 0.650. The average molecular weight is 372 g/mol. The van der Waals surface area contributed by atoms with Crippen molar-refractivity contribution in [2.75, 3.05) is 25.6 Å². The summed E-state index contributed by atoms with van der Waals surface area (Å²) in [5, 5.41) is 3.31. The van der Waals surface area contributed by atoms with E-state index in [1.165, 1.54) is 11.3 Å². The Morgan fingerprint density at radius 2 is 2.08 bits per heavy atom. The van der Waals surface area contributed by atoms with Crippen LogP contribution in [0.25, 0.3) is 10.2 Å². The Hall–Kier alpha value is -2.64. The first kappa shape index (κ1) is 18.2. The van der Waals surface area contributed by atoms with Crippen LogP contribution in [0, 0.1) is 0 Å². The first-order valence-electron chi connectivity index (χ1n) is 8.22. The molecule has 0 aliphatic carbocycles. The number of fused-ring (bicyclic) bond motifs is 1. The van der Waals surface area contributed by atoms with Crippen molar-refractivity contribution in [3.63, 3.8) is 0 Å². The highest BCUT2D eigenvalue weighted by Gasteiger charge is 2.09. The Morgan fingerprint density at radius 3 is 2.88 bits per heavy atom. The van der Waals surface area contributed by atoms with Gasteiger partial charge in [0.1, 0.15) is 18.1 Å². The van der Waals surface area contributed by atoms with Crippen LogP contribution in [0.1, 0.15) is 12.5 Å². The molecule has 0 radical (unpaired) electrons. The van der Waals surface area contributed by atoms with Gasteiger partial charge in [0, 0.05) is 0 Å².